The number of hydrogen-bond acceptors (Lipinski definition) is 2. The zero-order valence-corrected chi connectivity index (χ0v) is 9.41. The van der Waals surface area contributed by atoms with Crippen LogP contribution in [0.4, 0.5) is 8.78 Å². The molecule has 0 atom stereocenters. The molecule has 0 unspecified atom stereocenters. The quantitative estimate of drug-likeness (QED) is 0.738. The lowest BCUT2D eigenvalue weighted by molar-refractivity contribution is 0.101. The van der Waals surface area contributed by atoms with E-state index in [1.165, 1.54) is 11.8 Å². The van der Waals surface area contributed by atoms with Gasteiger partial charge in [-0.05, 0) is 23.4 Å². The molecular formula is C11H12F2OS. The molecule has 0 fully saturated rings. The standard InChI is InChI=1S/C11H12F2OS/c1-7(2)15-6-11(14)9-5-8(12)3-4-10(9)13/h3-5,7H,6H2,1-2H3. The van der Waals surface area contributed by atoms with Gasteiger partial charge in [-0.3, -0.25) is 4.79 Å². The van der Waals surface area contributed by atoms with Crippen molar-refractivity contribution in [3.8, 4) is 0 Å². The third-order valence-corrected chi connectivity index (χ3v) is 2.87. The Kier molecular flexibility index (Phi) is 4.27. The van der Waals surface area contributed by atoms with Crippen LogP contribution in [0.15, 0.2) is 18.2 Å². The molecule has 0 aliphatic rings. The van der Waals surface area contributed by atoms with Crippen molar-refractivity contribution in [3.05, 3.63) is 35.4 Å². The van der Waals surface area contributed by atoms with Gasteiger partial charge in [0, 0.05) is 0 Å². The van der Waals surface area contributed by atoms with Gasteiger partial charge in [-0.25, -0.2) is 8.78 Å². The van der Waals surface area contributed by atoms with Crippen LogP contribution in [0.1, 0.15) is 24.2 Å². The zero-order chi connectivity index (χ0) is 11.4. The number of carbonyl (C=O) groups is 1. The molecule has 0 saturated carbocycles. The van der Waals surface area contributed by atoms with Gasteiger partial charge < -0.3 is 0 Å². The number of hydrogen-bond donors (Lipinski definition) is 0. The van der Waals surface area contributed by atoms with Crippen LogP contribution < -0.4 is 0 Å². The number of carbonyl (C=O) groups excluding carboxylic acids is 1. The van der Waals surface area contributed by atoms with Gasteiger partial charge in [-0.1, -0.05) is 13.8 Å². The third-order valence-electron chi connectivity index (χ3n) is 1.78. The van der Waals surface area contributed by atoms with Gasteiger partial charge in [0.25, 0.3) is 0 Å². The molecule has 1 rings (SSSR count). The number of thioether (sulfide) groups is 1. The number of benzene rings is 1. The largest absolute Gasteiger partial charge is 0.293 e. The van der Waals surface area contributed by atoms with E-state index in [1.807, 2.05) is 13.8 Å². The third kappa shape index (κ3) is 3.63. The summed E-state index contributed by atoms with van der Waals surface area (Å²) in [5, 5.41) is 0.297. The predicted molar refractivity (Wildman–Crippen MR) is 58.3 cm³/mol. The van der Waals surface area contributed by atoms with Gasteiger partial charge in [-0.15, -0.1) is 0 Å². The first-order valence-electron chi connectivity index (χ1n) is 4.60. The molecule has 0 aliphatic heterocycles. The number of rotatable bonds is 4. The van der Waals surface area contributed by atoms with Gasteiger partial charge in [0.2, 0.25) is 0 Å². The maximum atomic E-state index is 13.1. The molecule has 15 heavy (non-hydrogen) atoms. The molecule has 0 heterocycles. The molecule has 0 saturated heterocycles. The molecule has 82 valence electrons. The first-order valence-corrected chi connectivity index (χ1v) is 5.65. The van der Waals surface area contributed by atoms with E-state index in [0.717, 1.165) is 18.2 Å². The Morgan fingerprint density at radius 3 is 2.67 bits per heavy atom. The molecular weight excluding hydrogens is 218 g/mol. The van der Waals surface area contributed by atoms with Crippen molar-refractivity contribution in [1.82, 2.24) is 0 Å². The number of halogens is 2. The average molecular weight is 230 g/mol. The lowest BCUT2D eigenvalue weighted by atomic mass is 10.1. The first-order chi connectivity index (χ1) is 7.00. The summed E-state index contributed by atoms with van der Waals surface area (Å²) in [7, 11) is 0. The zero-order valence-electron chi connectivity index (χ0n) is 8.59. The SMILES string of the molecule is CC(C)SCC(=O)c1cc(F)ccc1F. The Labute approximate surface area is 91.9 Å². The minimum Gasteiger partial charge on any atom is -0.293 e. The van der Waals surface area contributed by atoms with Gasteiger partial charge in [0.05, 0.1) is 11.3 Å². The first kappa shape index (κ1) is 12.2. The van der Waals surface area contributed by atoms with E-state index in [9.17, 15) is 13.6 Å². The minimum atomic E-state index is -0.661. The van der Waals surface area contributed by atoms with Crippen molar-refractivity contribution in [2.45, 2.75) is 19.1 Å². The van der Waals surface area contributed by atoms with Gasteiger partial charge in [-0.2, -0.15) is 11.8 Å². The van der Waals surface area contributed by atoms with Crippen LogP contribution in [0.2, 0.25) is 0 Å². The Morgan fingerprint density at radius 1 is 1.40 bits per heavy atom. The molecule has 0 bridgehead atoms. The highest BCUT2D eigenvalue weighted by atomic mass is 32.2. The van der Waals surface area contributed by atoms with Crippen LogP contribution in [0.3, 0.4) is 0 Å². The normalized spacial score (nSPS) is 10.7. The minimum absolute atomic E-state index is 0.164. The highest BCUT2D eigenvalue weighted by Crippen LogP contribution is 2.15. The maximum absolute atomic E-state index is 13.1. The van der Waals surface area contributed by atoms with Crippen LogP contribution in [-0.4, -0.2) is 16.8 Å². The van der Waals surface area contributed by atoms with E-state index in [0.29, 0.717) is 5.25 Å². The van der Waals surface area contributed by atoms with Crippen LogP contribution in [-0.2, 0) is 0 Å². The fourth-order valence-electron chi connectivity index (χ4n) is 1.03. The van der Waals surface area contributed by atoms with Crippen LogP contribution in [0.25, 0.3) is 0 Å². The summed E-state index contributed by atoms with van der Waals surface area (Å²) >= 11 is 1.41. The molecule has 0 radical (unpaired) electrons. The Bertz CT molecular complexity index is 364. The maximum Gasteiger partial charge on any atom is 0.175 e. The van der Waals surface area contributed by atoms with Crippen LogP contribution in [0.5, 0.6) is 0 Å². The van der Waals surface area contributed by atoms with E-state index in [2.05, 4.69) is 0 Å². The molecule has 0 aromatic heterocycles. The second-order valence-corrected chi connectivity index (χ2v) is 4.97. The molecule has 0 amide bonds. The van der Waals surface area contributed by atoms with Crippen molar-refractivity contribution < 1.29 is 13.6 Å². The van der Waals surface area contributed by atoms with Crippen molar-refractivity contribution in [3.63, 3.8) is 0 Å². The van der Waals surface area contributed by atoms with Crippen LogP contribution >= 0.6 is 11.8 Å². The van der Waals surface area contributed by atoms with Crippen molar-refractivity contribution >= 4 is 17.5 Å². The summed E-state index contributed by atoms with van der Waals surface area (Å²) in [6.45, 7) is 3.89. The summed E-state index contributed by atoms with van der Waals surface area (Å²) in [6, 6.07) is 2.92. The summed E-state index contributed by atoms with van der Waals surface area (Å²) in [4.78, 5) is 11.5. The Hall–Kier alpha value is -0.900. The van der Waals surface area contributed by atoms with E-state index in [-0.39, 0.29) is 17.1 Å². The highest BCUT2D eigenvalue weighted by molar-refractivity contribution is 8.00. The molecule has 0 spiro atoms. The fraction of sp³-hybridized carbons (Fsp3) is 0.364. The van der Waals surface area contributed by atoms with Crippen molar-refractivity contribution in [2.24, 2.45) is 0 Å². The second kappa shape index (κ2) is 5.26. The lowest BCUT2D eigenvalue weighted by Gasteiger charge is -2.05. The molecule has 0 aliphatic carbocycles. The van der Waals surface area contributed by atoms with Gasteiger partial charge in [0.1, 0.15) is 11.6 Å². The Balaban J connectivity index is 2.77. The molecule has 0 N–H and O–H groups in total. The molecule has 1 aromatic rings. The summed E-state index contributed by atoms with van der Waals surface area (Å²) in [5.74, 6) is -1.44. The highest BCUT2D eigenvalue weighted by Gasteiger charge is 2.13. The average Bonchev–Trinajstić information content (AvgIpc) is 2.18. The topological polar surface area (TPSA) is 17.1 Å². The van der Waals surface area contributed by atoms with E-state index < -0.39 is 11.6 Å². The smallest absolute Gasteiger partial charge is 0.175 e. The Morgan fingerprint density at radius 2 is 2.07 bits per heavy atom. The predicted octanol–water partition coefficient (Wildman–Crippen LogP) is 3.29. The van der Waals surface area contributed by atoms with E-state index >= 15 is 0 Å². The summed E-state index contributed by atoms with van der Waals surface area (Å²) in [5.41, 5.74) is -0.164. The van der Waals surface area contributed by atoms with E-state index in [4.69, 9.17) is 0 Å². The molecule has 4 heteroatoms. The number of ketones is 1. The monoisotopic (exact) mass is 230 g/mol. The molecule has 1 nitrogen and oxygen atoms in total. The fourth-order valence-corrected chi connectivity index (χ4v) is 1.67. The molecule has 1 aromatic carbocycles. The van der Waals surface area contributed by atoms with Crippen LogP contribution in [0, 0.1) is 11.6 Å². The summed E-state index contributed by atoms with van der Waals surface area (Å²) < 4.78 is 25.9. The number of Topliss-reactive ketones (excluding diaryl/α,β-unsaturated/α-hetero) is 1. The van der Waals surface area contributed by atoms with Gasteiger partial charge in [0.15, 0.2) is 5.78 Å². The van der Waals surface area contributed by atoms with E-state index in [1.54, 1.807) is 0 Å². The second-order valence-electron chi connectivity index (χ2n) is 3.41. The van der Waals surface area contributed by atoms with Gasteiger partial charge >= 0.3 is 0 Å². The summed E-state index contributed by atoms with van der Waals surface area (Å²) in [6.07, 6.45) is 0. The lowest BCUT2D eigenvalue weighted by Crippen LogP contribution is -2.07. The van der Waals surface area contributed by atoms with Crippen molar-refractivity contribution in [2.75, 3.05) is 5.75 Å². The van der Waals surface area contributed by atoms with Crippen molar-refractivity contribution in [1.29, 1.82) is 0 Å².